The SMILES string of the molecule is COc1cc(/C=C(\C#N)c2nc3cc(C)c(C)cc3[nH]2)ccc1OCC(=O)Nc1ccc(C)cc1. The first-order valence-electron chi connectivity index (χ1n) is 11.1. The Morgan fingerprint density at radius 2 is 1.80 bits per heavy atom. The molecule has 1 aromatic heterocycles. The molecule has 4 rings (SSSR count). The van der Waals surface area contributed by atoms with Gasteiger partial charge in [-0.25, -0.2) is 4.98 Å². The summed E-state index contributed by atoms with van der Waals surface area (Å²) in [5.74, 6) is 1.11. The number of rotatable bonds is 7. The van der Waals surface area contributed by atoms with Crippen molar-refractivity contribution in [3.8, 4) is 17.6 Å². The van der Waals surface area contributed by atoms with Gasteiger partial charge >= 0.3 is 0 Å². The van der Waals surface area contributed by atoms with E-state index in [0.29, 0.717) is 28.6 Å². The second kappa shape index (κ2) is 10.1. The van der Waals surface area contributed by atoms with Gasteiger partial charge in [0.2, 0.25) is 0 Å². The molecule has 0 aliphatic heterocycles. The van der Waals surface area contributed by atoms with Crippen LogP contribution in [0.25, 0.3) is 22.7 Å². The number of benzene rings is 3. The number of allylic oxidation sites excluding steroid dienone is 1. The maximum absolute atomic E-state index is 12.3. The highest BCUT2D eigenvalue weighted by molar-refractivity contribution is 5.92. The maximum Gasteiger partial charge on any atom is 0.262 e. The summed E-state index contributed by atoms with van der Waals surface area (Å²) in [4.78, 5) is 20.1. The van der Waals surface area contributed by atoms with Gasteiger partial charge < -0.3 is 19.8 Å². The van der Waals surface area contributed by atoms with Gasteiger partial charge in [-0.05, 0) is 79.9 Å². The smallest absolute Gasteiger partial charge is 0.262 e. The fourth-order valence-electron chi connectivity index (χ4n) is 3.59. The van der Waals surface area contributed by atoms with E-state index in [1.165, 1.54) is 7.11 Å². The van der Waals surface area contributed by atoms with Gasteiger partial charge in [0.15, 0.2) is 18.1 Å². The minimum Gasteiger partial charge on any atom is -0.493 e. The van der Waals surface area contributed by atoms with E-state index in [9.17, 15) is 10.1 Å². The average Bonchev–Trinajstić information content (AvgIpc) is 3.25. The highest BCUT2D eigenvalue weighted by Crippen LogP contribution is 2.30. The predicted molar refractivity (Wildman–Crippen MR) is 137 cm³/mol. The van der Waals surface area contributed by atoms with Gasteiger partial charge in [0.25, 0.3) is 5.91 Å². The Hall–Kier alpha value is -4.57. The quantitative estimate of drug-likeness (QED) is 0.347. The van der Waals surface area contributed by atoms with Crippen molar-refractivity contribution in [1.82, 2.24) is 9.97 Å². The molecule has 0 bridgehead atoms. The fourth-order valence-corrected chi connectivity index (χ4v) is 3.59. The van der Waals surface area contributed by atoms with Crippen LogP contribution in [0.2, 0.25) is 0 Å². The van der Waals surface area contributed by atoms with Crippen molar-refractivity contribution in [3.63, 3.8) is 0 Å². The molecule has 0 saturated carbocycles. The zero-order valence-corrected chi connectivity index (χ0v) is 20.1. The second-order valence-electron chi connectivity index (χ2n) is 8.32. The molecule has 0 aliphatic rings. The number of methoxy groups -OCH3 is 1. The Kier molecular flexibility index (Phi) is 6.83. The van der Waals surface area contributed by atoms with Crippen molar-refractivity contribution in [2.24, 2.45) is 0 Å². The van der Waals surface area contributed by atoms with E-state index in [0.717, 1.165) is 33.3 Å². The predicted octanol–water partition coefficient (Wildman–Crippen LogP) is 5.58. The van der Waals surface area contributed by atoms with Gasteiger partial charge in [-0.1, -0.05) is 23.8 Å². The standard InChI is InChI=1S/C28H26N4O3/c1-17-5-8-22(9-6-17)30-27(33)16-35-25-10-7-20(14-26(25)34-4)13-21(15-29)28-31-23-11-18(2)19(3)12-24(23)32-28/h5-14H,16H2,1-4H3,(H,30,33)(H,31,32)/b21-13+. The lowest BCUT2D eigenvalue weighted by Crippen LogP contribution is -2.20. The number of amides is 1. The third kappa shape index (κ3) is 5.50. The summed E-state index contributed by atoms with van der Waals surface area (Å²) in [6, 6.07) is 19.0. The number of nitrogens with one attached hydrogen (secondary N) is 2. The lowest BCUT2D eigenvalue weighted by Gasteiger charge is -2.12. The topological polar surface area (TPSA) is 100 Å². The lowest BCUT2D eigenvalue weighted by atomic mass is 10.1. The Morgan fingerprint density at radius 1 is 1.06 bits per heavy atom. The number of carbonyl (C=O) groups is 1. The molecule has 0 spiro atoms. The molecule has 2 N–H and O–H groups in total. The number of carbonyl (C=O) groups excluding carboxylic acids is 1. The molecule has 35 heavy (non-hydrogen) atoms. The first-order chi connectivity index (χ1) is 16.9. The number of nitrogens with zero attached hydrogens (tertiary/aromatic N) is 2. The Bertz CT molecular complexity index is 1420. The van der Waals surface area contributed by atoms with Crippen LogP contribution in [0.4, 0.5) is 5.69 Å². The highest BCUT2D eigenvalue weighted by Gasteiger charge is 2.12. The van der Waals surface area contributed by atoms with Gasteiger partial charge in [0.1, 0.15) is 11.9 Å². The molecule has 1 amide bonds. The molecule has 0 aliphatic carbocycles. The van der Waals surface area contributed by atoms with Crippen LogP contribution in [0.3, 0.4) is 0 Å². The van der Waals surface area contributed by atoms with Gasteiger partial charge in [0, 0.05) is 5.69 Å². The van der Waals surface area contributed by atoms with Crippen LogP contribution in [0.15, 0.2) is 54.6 Å². The van der Waals surface area contributed by atoms with Crippen molar-refractivity contribution in [1.29, 1.82) is 5.26 Å². The van der Waals surface area contributed by atoms with E-state index < -0.39 is 0 Å². The van der Waals surface area contributed by atoms with Crippen LogP contribution < -0.4 is 14.8 Å². The van der Waals surface area contributed by atoms with Crippen molar-refractivity contribution in [3.05, 3.63) is 82.7 Å². The molecule has 1 heterocycles. The molecular formula is C28H26N4O3. The number of imidazole rings is 1. The summed E-state index contributed by atoms with van der Waals surface area (Å²) in [5.41, 5.74) is 6.95. The van der Waals surface area contributed by atoms with Crippen LogP contribution >= 0.6 is 0 Å². The first kappa shape index (κ1) is 23.6. The molecule has 4 aromatic rings. The molecule has 0 fully saturated rings. The molecule has 0 unspecified atom stereocenters. The van der Waals surface area contributed by atoms with Crippen LogP contribution in [0.5, 0.6) is 11.5 Å². The van der Waals surface area contributed by atoms with E-state index in [-0.39, 0.29) is 12.5 Å². The molecular weight excluding hydrogens is 440 g/mol. The molecule has 0 saturated heterocycles. The lowest BCUT2D eigenvalue weighted by molar-refractivity contribution is -0.118. The Labute approximate surface area is 204 Å². The number of hydrogen-bond donors (Lipinski definition) is 2. The normalized spacial score (nSPS) is 11.2. The number of fused-ring (bicyclic) bond motifs is 1. The van der Waals surface area contributed by atoms with Crippen LogP contribution in [-0.4, -0.2) is 29.6 Å². The summed E-state index contributed by atoms with van der Waals surface area (Å²) < 4.78 is 11.1. The van der Waals surface area contributed by atoms with Crippen molar-refractivity contribution in [2.45, 2.75) is 20.8 Å². The van der Waals surface area contributed by atoms with E-state index in [1.54, 1.807) is 24.3 Å². The Balaban J connectivity index is 1.50. The zero-order valence-electron chi connectivity index (χ0n) is 20.1. The maximum atomic E-state index is 12.3. The molecule has 7 nitrogen and oxygen atoms in total. The van der Waals surface area contributed by atoms with Crippen molar-refractivity contribution < 1.29 is 14.3 Å². The van der Waals surface area contributed by atoms with E-state index in [2.05, 4.69) is 21.4 Å². The molecule has 7 heteroatoms. The summed E-state index contributed by atoms with van der Waals surface area (Å²) in [6.45, 7) is 5.89. The summed E-state index contributed by atoms with van der Waals surface area (Å²) >= 11 is 0. The van der Waals surface area contributed by atoms with Gasteiger partial charge in [0.05, 0.1) is 23.7 Å². The van der Waals surface area contributed by atoms with Crippen molar-refractivity contribution in [2.75, 3.05) is 19.0 Å². The van der Waals surface area contributed by atoms with Gasteiger partial charge in [-0.2, -0.15) is 5.26 Å². The Morgan fingerprint density at radius 3 is 2.51 bits per heavy atom. The second-order valence-corrected chi connectivity index (χ2v) is 8.32. The van der Waals surface area contributed by atoms with Crippen molar-refractivity contribution >= 4 is 34.3 Å². The number of aromatic amines is 1. The average molecular weight is 467 g/mol. The summed E-state index contributed by atoms with van der Waals surface area (Å²) in [5, 5.41) is 12.6. The third-order valence-corrected chi connectivity index (χ3v) is 5.67. The van der Waals surface area contributed by atoms with Crippen LogP contribution in [0, 0.1) is 32.1 Å². The van der Waals surface area contributed by atoms with E-state index >= 15 is 0 Å². The highest BCUT2D eigenvalue weighted by atomic mass is 16.5. The molecule has 176 valence electrons. The van der Waals surface area contributed by atoms with Gasteiger partial charge in [-0.15, -0.1) is 0 Å². The largest absolute Gasteiger partial charge is 0.493 e. The van der Waals surface area contributed by atoms with E-state index in [1.807, 2.05) is 57.2 Å². The zero-order chi connectivity index (χ0) is 24.9. The molecule has 0 atom stereocenters. The van der Waals surface area contributed by atoms with E-state index in [4.69, 9.17) is 9.47 Å². The number of aryl methyl sites for hydroxylation is 3. The molecule has 3 aromatic carbocycles. The van der Waals surface area contributed by atoms with Crippen LogP contribution in [0.1, 0.15) is 28.1 Å². The minimum atomic E-state index is -0.276. The fraction of sp³-hybridized carbons (Fsp3) is 0.179. The number of aromatic nitrogens is 2. The first-order valence-corrected chi connectivity index (χ1v) is 11.1. The summed E-state index contributed by atoms with van der Waals surface area (Å²) in [6.07, 6.45) is 1.73. The minimum absolute atomic E-state index is 0.166. The van der Waals surface area contributed by atoms with Crippen LogP contribution in [-0.2, 0) is 4.79 Å². The van der Waals surface area contributed by atoms with Gasteiger partial charge in [-0.3, -0.25) is 4.79 Å². The number of anilines is 1. The third-order valence-electron chi connectivity index (χ3n) is 5.67. The number of hydrogen-bond acceptors (Lipinski definition) is 5. The molecule has 0 radical (unpaired) electrons. The number of ether oxygens (including phenoxy) is 2. The number of H-pyrrole nitrogens is 1. The number of nitriles is 1. The summed E-state index contributed by atoms with van der Waals surface area (Å²) in [7, 11) is 1.52. The monoisotopic (exact) mass is 466 g/mol.